The molecule has 6 heteroatoms. The maximum absolute atomic E-state index is 5.20. The van der Waals surface area contributed by atoms with E-state index in [1.54, 1.807) is 11.3 Å². The summed E-state index contributed by atoms with van der Waals surface area (Å²) in [6.07, 6.45) is 0. The van der Waals surface area contributed by atoms with Gasteiger partial charge in [0, 0.05) is 42.4 Å². The number of thiazole rings is 1. The van der Waals surface area contributed by atoms with E-state index in [1.807, 2.05) is 17.4 Å². The van der Waals surface area contributed by atoms with E-state index in [0.717, 1.165) is 43.9 Å². The fraction of sp³-hybridized carbons (Fsp3) is 0. The number of rotatable bonds is 6. The molecule has 0 unspecified atom stereocenters. The van der Waals surface area contributed by atoms with E-state index in [4.69, 9.17) is 19.9 Å². The summed E-state index contributed by atoms with van der Waals surface area (Å²) in [6, 6.07) is 63.9. The molecule has 3 heterocycles. The average Bonchev–Trinajstić information content (AvgIpc) is 3.89. The van der Waals surface area contributed by atoms with Gasteiger partial charge in [-0.05, 0) is 51.2 Å². The molecule has 8 aromatic carbocycles. The first-order valence-electron chi connectivity index (χ1n) is 18.5. The van der Waals surface area contributed by atoms with Crippen molar-refractivity contribution in [3.63, 3.8) is 0 Å². The molecule has 0 fully saturated rings. The Bertz CT molecular complexity index is 3220. The first-order valence-corrected chi connectivity index (χ1v) is 20.2. The second-order valence-corrected chi connectivity index (χ2v) is 15.9. The van der Waals surface area contributed by atoms with E-state index in [9.17, 15) is 0 Å². The van der Waals surface area contributed by atoms with Gasteiger partial charge in [0.25, 0.3) is 0 Å². The van der Waals surface area contributed by atoms with Crippen molar-refractivity contribution in [2.45, 2.75) is 0 Å². The second kappa shape index (κ2) is 13.5. The number of fused-ring (bicyclic) bond motifs is 6. The van der Waals surface area contributed by atoms with Gasteiger partial charge in [-0.2, -0.15) is 0 Å². The van der Waals surface area contributed by atoms with Gasteiger partial charge in [0.05, 0.1) is 10.2 Å². The number of hydrogen-bond acceptors (Lipinski definition) is 6. The van der Waals surface area contributed by atoms with Gasteiger partial charge >= 0.3 is 0 Å². The molecule has 0 bridgehead atoms. The number of thiophene rings is 1. The van der Waals surface area contributed by atoms with E-state index in [0.29, 0.717) is 17.5 Å². The summed E-state index contributed by atoms with van der Waals surface area (Å²) in [6.45, 7) is 0. The maximum atomic E-state index is 5.20. The fourth-order valence-corrected chi connectivity index (χ4v) is 9.66. The van der Waals surface area contributed by atoms with E-state index in [1.165, 1.54) is 46.8 Å². The third-order valence-corrected chi connectivity index (χ3v) is 12.6. The van der Waals surface area contributed by atoms with Gasteiger partial charge in [0.15, 0.2) is 17.5 Å². The summed E-state index contributed by atoms with van der Waals surface area (Å²) < 4.78 is 3.75. The molecule has 11 rings (SSSR count). The van der Waals surface area contributed by atoms with Crippen LogP contribution in [0.15, 0.2) is 182 Å². The summed E-state index contributed by atoms with van der Waals surface area (Å²) >= 11 is 3.55. The zero-order valence-corrected chi connectivity index (χ0v) is 31.6. The molecule has 56 heavy (non-hydrogen) atoms. The van der Waals surface area contributed by atoms with Crippen molar-refractivity contribution in [2.24, 2.45) is 0 Å². The number of benzene rings is 8. The maximum Gasteiger partial charge on any atom is 0.164 e. The Morgan fingerprint density at radius 1 is 0.304 bits per heavy atom. The van der Waals surface area contributed by atoms with Gasteiger partial charge in [-0.15, -0.1) is 22.7 Å². The molecule has 4 nitrogen and oxygen atoms in total. The molecule has 0 aliphatic rings. The third kappa shape index (κ3) is 5.75. The normalized spacial score (nSPS) is 11.6. The molecule has 0 aliphatic heterocycles. The lowest BCUT2D eigenvalue weighted by atomic mass is 9.97. The summed E-state index contributed by atoms with van der Waals surface area (Å²) in [5.74, 6) is 1.88. The second-order valence-electron chi connectivity index (χ2n) is 13.8. The van der Waals surface area contributed by atoms with Crippen LogP contribution in [-0.4, -0.2) is 19.9 Å². The molecular formula is C50H30N4S2. The van der Waals surface area contributed by atoms with Crippen LogP contribution in [0.2, 0.25) is 0 Å². The van der Waals surface area contributed by atoms with Crippen molar-refractivity contribution in [3.05, 3.63) is 182 Å². The highest BCUT2D eigenvalue weighted by Gasteiger charge is 2.16. The van der Waals surface area contributed by atoms with Crippen LogP contribution in [0.25, 0.3) is 108 Å². The zero-order valence-electron chi connectivity index (χ0n) is 29.9. The van der Waals surface area contributed by atoms with Crippen LogP contribution in [0.1, 0.15) is 0 Å². The van der Waals surface area contributed by atoms with Crippen molar-refractivity contribution < 1.29 is 0 Å². The predicted molar refractivity (Wildman–Crippen MR) is 236 cm³/mol. The van der Waals surface area contributed by atoms with Gasteiger partial charge in [-0.3, -0.25) is 0 Å². The molecule has 0 N–H and O–H groups in total. The van der Waals surface area contributed by atoms with Crippen LogP contribution in [-0.2, 0) is 0 Å². The molecule has 0 atom stereocenters. The first kappa shape index (κ1) is 32.6. The highest BCUT2D eigenvalue weighted by atomic mass is 32.1. The average molecular weight is 751 g/mol. The monoisotopic (exact) mass is 750 g/mol. The Hall–Kier alpha value is -6.86. The number of aromatic nitrogens is 4. The van der Waals surface area contributed by atoms with Crippen molar-refractivity contribution in [1.82, 2.24) is 19.9 Å². The Morgan fingerprint density at radius 3 is 1.52 bits per heavy atom. The Labute approximate surface area is 331 Å². The van der Waals surface area contributed by atoms with E-state index >= 15 is 0 Å². The first-order chi connectivity index (χ1) is 27.7. The van der Waals surface area contributed by atoms with Crippen molar-refractivity contribution in [2.75, 3.05) is 0 Å². The summed E-state index contributed by atoms with van der Waals surface area (Å²) in [7, 11) is 0. The van der Waals surface area contributed by atoms with Crippen molar-refractivity contribution in [1.29, 1.82) is 0 Å². The van der Waals surface area contributed by atoms with E-state index in [2.05, 4.69) is 176 Å². The van der Waals surface area contributed by atoms with Gasteiger partial charge < -0.3 is 0 Å². The largest absolute Gasteiger partial charge is 0.235 e. The quantitative estimate of drug-likeness (QED) is 0.170. The van der Waals surface area contributed by atoms with Gasteiger partial charge in [0.2, 0.25) is 0 Å². The zero-order chi connectivity index (χ0) is 37.0. The van der Waals surface area contributed by atoms with Crippen LogP contribution >= 0.6 is 22.7 Å². The highest BCUT2D eigenvalue weighted by molar-refractivity contribution is 7.26. The summed E-state index contributed by atoms with van der Waals surface area (Å²) in [5, 5.41) is 5.96. The van der Waals surface area contributed by atoms with E-state index in [-0.39, 0.29) is 0 Å². The molecule has 0 aliphatic carbocycles. The molecule has 262 valence electrons. The third-order valence-electron chi connectivity index (χ3n) is 10.4. The minimum atomic E-state index is 0.623. The molecule has 0 saturated heterocycles. The topological polar surface area (TPSA) is 51.6 Å². The van der Waals surface area contributed by atoms with Crippen LogP contribution in [0.4, 0.5) is 0 Å². The van der Waals surface area contributed by atoms with Crippen LogP contribution in [0, 0.1) is 0 Å². The summed E-state index contributed by atoms with van der Waals surface area (Å²) in [5.41, 5.74) is 9.58. The Kier molecular flexibility index (Phi) is 7.83. The van der Waals surface area contributed by atoms with Crippen LogP contribution < -0.4 is 0 Å². The lowest BCUT2D eigenvalue weighted by Gasteiger charge is -2.11. The Balaban J connectivity index is 0.980. The number of hydrogen-bond donors (Lipinski definition) is 0. The van der Waals surface area contributed by atoms with Gasteiger partial charge in [-0.25, -0.2) is 19.9 Å². The molecule has 11 aromatic rings. The van der Waals surface area contributed by atoms with Crippen molar-refractivity contribution in [3.8, 4) is 67.0 Å². The SMILES string of the molecule is c1ccc(-c2ccc(-c3nc(-c4ccc(-c5nc6c(ccc7sc8ccccc8c76)s5)cc4)nc(-c4ccc(-c5cccc6ccccc56)cc4)n3)cc2)cc1. The van der Waals surface area contributed by atoms with Gasteiger partial charge in [-0.1, -0.05) is 164 Å². The van der Waals surface area contributed by atoms with Gasteiger partial charge in [0.1, 0.15) is 5.01 Å². The molecule has 0 amide bonds. The lowest BCUT2D eigenvalue weighted by molar-refractivity contribution is 1.07. The minimum absolute atomic E-state index is 0.623. The fourth-order valence-electron chi connectivity index (χ4n) is 7.57. The van der Waals surface area contributed by atoms with Crippen LogP contribution in [0.5, 0.6) is 0 Å². The van der Waals surface area contributed by atoms with E-state index < -0.39 is 0 Å². The molecule has 0 saturated carbocycles. The smallest absolute Gasteiger partial charge is 0.164 e. The van der Waals surface area contributed by atoms with Crippen molar-refractivity contribution >= 4 is 63.8 Å². The lowest BCUT2D eigenvalue weighted by Crippen LogP contribution is -2.00. The Morgan fingerprint density at radius 2 is 0.821 bits per heavy atom. The molecule has 0 radical (unpaired) electrons. The minimum Gasteiger partial charge on any atom is -0.235 e. The number of nitrogens with zero attached hydrogens (tertiary/aromatic N) is 4. The predicted octanol–water partition coefficient (Wildman–Crippen LogP) is 14.0. The standard InChI is InChI=1S/C50H30N4S2/c1-2-9-31(10-3-1)32-17-21-35(22-18-32)47-52-48(36-23-19-34(20-24-36)40-15-8-12-33-11-4-5-13-39(33)40)54-49(53-47)37-25-27-38(28-26-37)50-51-46-44(56-50)30-29-43-45(46)41-14-6-7-16-42(41)55-43/h1-30H. The molecule has 3 aromatic heterocycles. The molecular weight excluding hydrogens is 721 g/mol. The molecule has 0 spiro atoms. The summed E-state index contributed by atoms with van der Waals surface area (Å²) in [4.78, 5) is 20.4. The highest BCUT2D eigenvalue weighted by Crippen LogP contribution is 2.41. The van der Waals surface area contributed by atoms with Crippen LogP contribution in [0.3, 0.4) is 0 Å².